The molecule has 0 saturated carbocycles. The fraction of sp³-hybridized carbons (Fsp3) is 0.474. The predicted molar refractivity (Wildman–Crippen MR) is 94.1 cm³/mol. The minimum Gasteiger partial charge on any atom is -0.481 e. The van der Waals surface area contributed by atoms with Gasteiger partial charge in [0.25, 0.3) is 0 Å². The first-order chi connectivity index (χ1) is 11.9. The van der Waals surface area contributed by atoms with Crippen molar-refractivity contribution in [1.82, 2.24) is 10.2 Å². The summed E-state index contributed by atoms with van der Waals surface area (Å²) < 4.78 is 5.80. The van der Waals surface area contributed by atoms with E-state index in [2.05, 4.69) is 5.32 Å². The number of likely N-dealkylation sites (tertiary alicyclic amines) is 1. The van der Waals surface area contributed by atoms with Crippen LogP contribution in [0.15, 0.2) is 34.7 Å². The summed E-state index contributed by atoms with van der Waals surface area (Å²) in [6, 6.07) is 9.03. The molecule has 2 aromatic rings. The molecule has 3 rings (SSSR count). The Balaban J connectivity index is 1.64. The van der Waals surface area contributed by atoms with Crippen LogP contribution >= 0.6 is 0 Å². The Labute approximate surface area is 146 Å². The van der Waals surface area contributed by atoms with E-state index >= 15 is 0 Å². The molecule has 6 nitrogen and oxygen atoms in total. The number of carbonyl (C=O) groups excluding carboxylic acids is 1. The van der Waals surface area contributed by atoms with E-state index in [0.717, 1.165) is 11.0 Å². The molecule has 4 atom stereocenters. The Hall–Kier alpha value is -2.34. The molecule has 1 aliphatic rings. The van der Waals surface area contributed by atoms with Gasteiger partial charge in [0.2, 0.25) is 5.91 Å². The monoisotopic (exact) mass is 344 g/mol. The number of para-hydroxylation sites is 1. The number of hydrogen-bond donors (Lipinski definition) is 2. The second kappa shape index (κ2) is 6.88. The molecule has 1 fully saturated rings. The lowest BCUT2D eigenvalue weighted by Crippen LogP contribution is -2.45. The highest BCUT2D eigenvalue weighted by atomic mass is 16.4. The average Bonchev–Trinajstić information content (AvgIpc) is 3.17. The van der Waals surface area contributed by atoms with Gasteiger partial charge in [0.15, 0.2) is 0 Å². The Bertz CT molecular complexity index is 752. The van der Waals surface area contributed by atoms with Gasteiger partial charge in [-0.1, -0.05) is 25.1 Å². The number of carbonyl (C=O) groups is 2. The van der Waals surface area contributed by atoms with Crippen LogP contribution in [0.2, 0.25) is 0 Å². The number of hydrogen-bond acceptors (Lipinski definition) is 4. The largest absolute Gasteiger partial charge is 0.481 e. The summed E-state index contributed by atoms with van der Waals surface area (Å²) in [4.78, 5) is 25.8. The van der Waals surface area contributed by atoms with Gasteiger partial charge in [-0.05, 0) is 31.9 Å². The third-order valence-electron chi connectivity index (χ3n) is 5.12. The van der Waals surface area contributed by atoms with Gasteiger partial charge in [-0.3, -0.25) is 14.5 Å². The predicted octanol–water partition coefficient (Wildman–Crippen LogP) is 2.65. The van der Waals surface area contributed by atoms with Gasteiger partial charge in [-0.15, -0.1) is 0 Å². The number of amides is 1. The SMILES string of the molecule is CC(NC(=O)C(C)N1C[C@@H](C)[C@H](C(=O)O)C1)c1cc2ccccc2o1. The highest BCUT2D eigenvalue weighted by Crippen LogP contribution is 2.26. The Morgan fingerprint density at radius 2 is 2.00 bits per heavy atom. The standard InChI is InChI=1S/C19H24N2O4/c1-11-9-21(10-15(11)19(23)24)13(3)18(22)20-12(2)17-8-14-6-4-5-7-16(14)25-17/h4-8,11-13,15H,9-10H2,1-3H3,(H,20,22)(H,23,24)/t11-,12?,13?,15-/m1/s1. The van der Waals surface area contributed by atoms with Crippen LogP contribution in [0.25, 0.3) is 11.0 Å². The van der Waals surface area contributed by atoms with Crippen LogP contribution in [0.5, 0.6) is 0 Å². The molecule has 2 N–H and O–H groups in total. The summed E-state index contributed by atoms with van der Waals surface area (Å²) >= 11 is 0. The van der Waals surface area contributed by atoms with Crippen molar-refractivity contribution in [3.05, 3.63) is 36.1 Å². The van der Waals surface area contributed by atoms with E-state index in [-0.39, 0.29) is 23.9 Å². The van der Waals surface area contributed by atoms with Crippen LogP contribution in [0.1, 0.15) is 32.6 Å². The molecule has 0 bridgehead atoms. The fourth-order valence-corrected chi connectivity index (χ4v) is 3.43. The summed E-state index contributed by atoms with van der Waals surface area (Å²) in [7, 11) is 0. The second-order valence-electron chi connectivity index (χ2n) is 6.97. The maximum atomic E-state index is 12.6. The van der Waals surface area contributed by atoms with Crippen LogP contribution < -0.4 is 5.32 Å². The zero-order valence-corrected chi connectivity index (χ0v) is 14.7. The van der Waals surface area contributed by atoms with Crippen LogP contribution in [0, 0.1) is 11.8 Å². The molecule has 2 heterocycles. The zero-order chi connectivity index (χ0) is 18.1. The number of nitrogens with zero attached hydrogens (tertiary/aromatic N) is 1. The first-order valence-corrected chi connectivity index (χ1v) is 8.62. The quantitative estimate of drug-likeness (QED) is 0.871. The number of rotatable bonds is 5. The molecule has 25 heavy (non-hydrogen) atoms. The topological polar surface area (TPSA) is 82.8 Å². The van der Waals surface area contributed by atoms with Crippen LogP contribution in [-0.4, -0.2) is 41.0 Å². The first kappa shape index (κ1) is 17.5. The smallest absolute Gasteiger partial charge is 0.308 e. The van der Waals surface area contributed by atoms with E-state index in [0.29, 0.717) is 18.8 Å². The molecule has 6 heteroatoms. The highest BCUT2D eigenvalue weighted by molar-refractivity contribution is 5.82. The molecule has 1 aromatic heterocycles. The van der Waals surface area contributed by atoms with Gasteiger partial charge >= 0.3 is 5.97 Å². The first-order valence-electron chi connectivity index (χ1n) is 8.62. The molecular weight excluding hydrogens is 320 g/mol. The number of fused-ring (bicyclic) bond motifs is 1. The van der Waals surface area contributed by atoms with Crippen molar-refractivity contribution >= 4 is 22.8 Å². The van der Waals surface area contributed by atoms with Gasteiger partial charge in [0.1, 0.15) is 11.3 Å². The van der Waals surface area contributed by atoms with Gasteiger partial charge in [-0.25, -0.2) is 0 Å². The Kier molecular flexibility index (Phi) is 4.81. The van der Waals surface area contributed by atoms with E-state index in [4.69, 9.17) is 4.42 Å². The van der Waals surface area contributed by atoms with Crippen molar-refractivity contribution in [3.63, 3.8) is 0 Å². The third kappa shape index (κ3) is 3.54. The van der Waals surface area contributed by atoms with E-state index in [1.54, 1.807) is 0 Å². The highest BCUT2D eigenvalue weighted by Gasteiger charge is 2.38. The lowest BCUT2D eigenvalue weighted by molar-refractivity contribution is -0.142. The summed E-state index contributed by atoms with van der Waals surface area (Å²) in [5.74, 6) is -0.576. The minimum absolute atomic E-state index is 0.0422. The number of benzene rings is 1. The Morgan fingerprint density at radius 1 is 1.28 bits per heavy atom. The van der Waals surface area contributed by atoms with Gasteiger partial charge in [-0.2, -0.15) is 0 Å². The van der Waals surface area contributed by atoms with Crippen molar-refractivity contribution in [2.75, 3.05) is 13.1 Å². The van der Waals surface area contributed by atoms with Crippen molar-refractivity contribution in [2.24, 2.45) is 11.8 Å². The molecule has 1 aliphatic heterocycles. The van der Waals surface area contributed by atoms with Crippen LogP contribution in [0.3, 0.4) is 0 Å². The maximum Gasteiger partial charge on any atom is 0.308 e. The van der Waals surface area contributed by atoms with E-state index in [1.807, 2.05) is 56.0 Å². The molecule has 2 unspecified atom stereocenters. The van der Waals surface area contributed by atoms with E-state index in [9.17, 15) is 14.7 Å². The lowest BCUT2D eigenvalue weighted by atomic mass is 9.99. The van der Waals surface area contributed by atoms with Crippen molar-refractivity contribution in [2.45, 2.75) is 32.9 Å². The summed E-state index contributed by atoms with van der Waals surface area (Å²) in [5, 5.41) is 13.2. The minimum atomic E-state index is -0.793. The molecule has 1 saturated heterocycles. The van der Waals surface area contributed by atoms with Crippen molar-refractivity contribution < 1.29 is 19.1 Å². The van der Waals surface area contributed by atoms with Gasteiger partial charge in [0.05, 0.1) is 18.0 Å². The van der Waals surface area contributed by atoms with Crippen LogP contribution in [-0.2, 0) is 9.59 Å². The Morgan fingerprint density at radius 3 is 2.64 bits per heavy atom. The third-order valence-corrected chi connectivity index (χ3v) is 5.12. The molecule has 1 amide bonds. The van der Waals surface area contributed by atoms with Gasteiger partial charge < -0.3 is 14.8 Å². The van der Waals surface area contributed by atoms with Crippen LogP contribution in [0.4, 0.5) is 0 Å². The summed E-state index contributed by atoms with van der Waals surface area (Å²) in [6.07, 6.45) is 0. The summed E-state index contributed by atoms with van der Waals surface area (Å²) in [6.45, 7) is 6.64. The van der Waals surface area contributed by atoms with Crippen molar-refractivity contribution in [3.8, 4) is 0 Å². The second-order valence-corrected chi connectivity index (χ2v) is 6.97. The number of carboxylic acids is 1. The number of nitrogens with one attached hydrogen (secondary N) is 1. The normalized spacial score (nSPS) is 23.5. The lowest BCUT2D eigenvalue weighted by Gasteiger charge is -2.24. The number of furan rings is 1. The molecule has 0 radical (unpaired) electrons. The maximum absolute atomic E-state index is 12.6. The molecule has 134 valence electrons. The molecule has 0 spiro atoms. The van der Waals surface area contributed by atoms with Crippen molar-refractivity contribution in [1.29, 1.82) is 0 Å². The number of aliphatic carboxylic acids is 1. The average molecular weight is 344 g/mol. The van der Waals surface area contributed by atoms with Gasteiger partial charge in [0, 0.05) is 18.5 Å². The van der Waals surface area contributed by atoms with E-state index < -0.39 is 11.9 Å². The fourth-order valence-electron chi connectivity index (χ4n) is 3.43. The molecular formula is C19H24N2O4. The molecule has 1 aromatic carbocycles. The molecule has 0 aliphatic carbocycles. The zero-order valence-electron chi connectivity index (χ0n) is 14.7. The summed E-state index contributed by atoms with van der Waals surface area (Å²) in [5.41, 5.74) is 0.796. The number of carboxylic acid groups (broad SMARTS) is 1. The van der Waals surface area contributed by atoms with E-state index in [1.165, 1.54) is 0 Å².